The van der Waals surface area contributed by atoms with Crippen LogP contribution < -0.4 is 110 Å². The molecule has 0 radical (unpaired) electrons. The van der Waals surface area contributed by atoms with Gasteiger partial charge >= 0.3 is 5.97 Å². The van der Waals surface area contributed by atoms with E-state index in [-0.39, 0.29) is 94.8 Å². The molecule has 0 aliphatic rings. The fourth-order valence-electron chi connectivity index (χ4n) is 8.86. The van der Waals surface area contributed by atoms with Gasteiger partial charge < -0.3 is 125 Å². The van der Waals surface area contributed by atoms with Crippen LogP contribution in [0.15, 0.2) is 15.0 Å². The van der Waals surface area contributed by atoms with Crippen LogP contribution in [0.3, 0.4) is 0 Å². The minimum absolute atomic E-state index is 0.0125. The van der Waals surface area contributed by atoms with E-state index in [2.05, 4.69) is 78.8 Å². The molecule has 0 aliphatic heterocycles. The molecule has 0 aromatic carbocycles. The maximum absolute atomic E-state index is 14.2. The Balaban J connectivity index is 6.50. The number of nitrogens with zero attached hydrogens (tertiary/aromatic N) is 3. The zero-order valence-corrected chi connectivity index (χ0v) is 56.7. The number of carbonyl (C=O) groups is 14. The van der Waals surface area contributed by atoms with Gasteiger partial charge in [0.2, 0.25) is 76.8 Å². The Labute approximate surface area is 562 Å². The van der Waals surface area contributed by atoms with Gasteiger partial charge in [0.15, 0.2) is 17.9 Å². The molecular formula is C57H105N23O17. The van der Waals surface area contributed by atoms with Gasteiger partial charge in [0, 0.05) is 19.6 Å². The number of aliphatic carboxylic acids is 1. The van der Waals surface area contributed by atoms with Crippen LogP contribution in [0.2, 0.25) is 0 Å². The third-order valence-corrected chi connectivity index (χ3v) is 14.2. The van der Waals surface area contributed by atoms with Crippen molar-refractivity contribution in [3.63, 3.8) is 0 Å². The fraction of sp³-hybridized carbons (Fsp3) is 0.702. The van der Waals surface area contributed by atoms with Gasteiger partial charge in [0.1, 0.15) is 72.5 Å². The third-order valence-electron chi connectivity index (χ3n) is 14.2. The van der Waals surface area contributed by atoms with Crippen molar-refractivity contribution < 1.29 is 82.4 Å². The molecule has 0 aromatic heterocycles. The van der Waals surface area contributed by atoms with Crippen molar-refractivity contribution in [1.29, 1.82) is 0 Å². The predicted octanol–water partition coefficient (Wildman–Crippen LogP) is -9.94. The lowest BCUT2D eigenvalue weighted by molar-refractivity contribution is -0.142. The zero-order chi connectivity index (χ0) is 74.6. The number of primary amides is 1. The maximum atomic E-state index is 14.2. The quantitative estimate of drug-likeness (QED) is 0.0153. The van der Waals surface area contributed by atoms with Crippen molar-refractivity contribution in [1.82, 2.24) is 63.8 Å². The van der Waals surface area contributed by atoms with Crippen LogP contribution in [-0.2, 0) is 67.1 Å². The predicted molar refractivity (Wildman–Crippen MR) is 353 cm³/mol. The van der Waals surface area contributed by atoms with Gasteiger partial charge in [-0.3, -0.25) is 77.3 Å². The van der Waals surface area contributed by atoms with E-state index in [1.54, 1.807) is 41.5 Å². The van der Waals surface area contributed by atoms with Gasteiger partial charge in [-0.15, -0.1) is 0 Å². The van der Waals surface area contributed by atoms with Crippen LogP contribution >= 0.6 is 0 Å². The summed E-state index contributed by atoms with van der Waals surface area (Å²) in [4.78, 5) is 198. The molecule has 0 aliphatic carbocycles. The van der Waals surface area contributed by atoms with Crippen LogP contribution in [0.5, 0.6) is 0 Å². The minimum atomic E-state index is -1.78. The second kappa shape index (κ2) is 44.8. The molecule has 0 saturated carbocycles. The standard InChI is InChI=1S/C57H105N23O17/c1-11-31(71-50(92)37(24-81)77-43(85)28(8)69-49(91)36(22-38(59)83)76-51(93)41(27(6)7)79-52(94)40(26(4)5)78-39(84)23-58)45(87)72-32(15-12-18-66-55(60)61)47(89)75-35(21-25(2)3)48(90)70-29(9)44(86)80-42(30(10)82)53(95)73-33(16-13-19-67-56(62)63)46(88)74-34(54(96)97)17-14-20-68-57(64)65/h25-37,40-42,81-82H,11-24,58H2,1-10H3,(H2,59,83)(H,69,91)(H,70,90)(H,71,92)(H,72,87)(H,73,95)(H,74,88)(H,75,89)(H,76,93)(H,77,85)(H,78,84)(H,79,94)(H,80,86)(H,96,97)(H4,60,61,66)(H4,62,63,67)(H4,64,65,68). The summed E-state index contributed by atoms with van der Waals surface area (Å²) in [7, 11) is 0. The van der Waals surface area contributed by atoms with E-state index >= 15 is 0 Å². The summed E-state index contributed by atoms with van der Waals surface area (Å²) in [5, 5.41) is 59.7. The van der Waals surface area contributed by atoms with Crippen molar-refractivity contribution in [2.45, 2.75) is 206 Å². The average Bonchev–Trinajstić information content (AvgIpc) is 0.897. The molecule has 40 heteroatoms. The molecule has 13 unspecified atom stereocenters. The van der Waals surface area contributed by atoms with Crippen molar-refractivity contribution in [2.24, 2.45) is 78.6 Å². The van der Waals surface area contributed by atoms with Crippen molar-refractivity contribution in [3.05, 3.63) is 0 Å². The van der Waals surface area contributed by atoms with Gasteiger partial charge in [-0.05, 0) is 89.9 Å². The lowest BCUT2D eigenvalue weighted by Crippen LogP contribution is -2.61. The second-order valence-electron chi connectivity index (χ2n) is 23.9. The molecule has 31 N–H and O–H groups in total. The van der Waals surface area contributed by atoms with E-state index in [1.807, 2.05) is 0 Å². The van der Waals surface area contributed by atoms with Gasteiger partial charge in [0.25, 0.3) is 0 Å². The molecule has 97 heavy (non-hydrogen) atoms. The van der Waals surface area contributed by atoms with Crippen LogP contribution in [-0.4, -0.2) is 227 Å². The highest BCUT2D eigenvalue weighted by Crippen LogP contribution is 2.12. The first kappa shape index (κ1) is 87.3. The number of guanidine groups is 3. The molecule has 0 aromatic rings. The average molecular weight is 1380 g/mol. The second-order valence-corrected chi connectivity index (χ2v) is 23.9. The molecule has 0 heterocycles. The molecule has 0 saturated heterocycles. The Morgan fingerprint density at radius 2 is 0.722 bits per heavy atom. The summed E-state index contributed by atoms with van der Waals surface area (Å²) >= 11 is 0. The van der Waals surface area contributed by atoms with Crippen LogP contribution in [0, 0.1) is 17.8 Å². The first-order valence-corrected chi connectivity index (χ1v) is 31.5. The van der Waals surface area contributed by atoms with Crippen LogP contribution in [0.25, 0.3) is 0 Å². The number of carboxylic acid groups (broad SMARTS) is 1. The fourth-order valence-corrected chi connectivity index (χ4v) is 8.86. The van der Waals surface area contributed by atoms with Crippen molar-refractivity contribution in [2.75, 3.05) is 32.8 Å². The first-order chi connectivity index (χ1) is 45.2. The Hall–Kier alpha value is -9.73. The summed E-state index contributed by atoms with van der Waals surface area (Å²) in [6, 6.07) is -18.0. The number of hydrogen-bond acceptors (Lipinski definition) is 20. The van der Waals surface area contributed by atoms with E-state index < -0.39 is 193 Å². The highest BCUT2D eigenvalue weighted by molar-refractivity contribution is 6.00. The number of carboxylic acids is 1. The number of hydrogen-bond donors (Lipinski definition) is 23. The van der Waals surface area contributed by atoms with Gasteiger partial charge in [-0.2, -0.15) is 0 Å². The largest absolute Gasteiger partial charge is 0.480 e. The monoisotopic (exact) mass is 1380 g/mol. The van der Waals surface area contributed by atoms with Crippen LogP contribution in [0.4, 0.5) is 0 Å². The normalized spacial score (nSPS) is 15.1. The molecule has 0 bridgehead atoms. The van der Waals surface area contributed by atoms with E-state index in [4.69, 9.17) is 45.9 Å². The summed E-state index contributed by atoms with van der Waals surface area (Å²) in [6.45, 7) is 13.3. The Bertz CT molecular complexity index is 2770. The molecule has 13 atom stereocenters. The van der Waals surface area contributed by atoms with Gasteiger partial charge in [-0.1, -0.05) is 48.5 Å². The third kappa shape index (κ3) is 34.5. The van der Waals surface area contributed by atoms with E-state index in [9.17, 15) is 82.4 Å². The molecule has 550 valence electrons. The highest BCUT2D eigenvalue weighted by atomic mass is 16.4. The van der Waals surface area contributed by atoms with Gasteiger partial charge in [0.05, 0.1) is 25.7 Å². The van der Waals surface area contributed by atoms with Crippen molar-refractivity contribution >= 4 is 101 Å². The van der Waals surface area contributed by atoms with E-state index in [0.29, 0.717) is 0 Å². The Kier molecular flexibility index (Phi) is 40.3. The number of aliphatic hydroxyl groups excluding tert-OH is 2. The first-order valence-electron chi connectivity index (χ1n) is 31.5. The molecule has 0 spiro atoms. The molecular weight excluding hydrogens is 1280 g/mol. The molecule has 0 rings (SSSR count). The number of carbonyl (C=O) groups excluding carboxylic acids is 13. The summed E-state index contributed by atoms with van der Waals surface area (Å²) in [6.07, 6.45) is -2.82. The number of aliphatic hydroxyl groups is 2. The smallest absolute Gasteiger partial charge is 0.326 e. The van der Waals surface area contributed by atoms with Gasteiger partial charge in [-0.25, -0.2) is 4.79 Å². The topological polar surface area (TPSA) is 689 Å². The number of nitrogens with one attached hydrogen (secondary N) is 12. The highest BCUT2D eigenvalue weighted by Gasteiger charge is 2.38. The number of rotatable bonds is 46. The molecule has 40 nitrogen and oxygen atoms in total. The zero-order valence-electron chi connectivity index (χ0n) is 56.7. The lowest BCUT2D eigenvalue weighted by atomic mass is 9.99. The Morgan fingerprint density at radius 3 is 1.12 bits per heavy atom. The molecule has 0 fully saturated rings. The lowest BCUT2D eigenvalue weighted by Gasteiger charge is -2.28. The number of nitrogens with two attached hydrogens (primary N) is 8. The number of aliphatic imine (C=N–C) groups is 3. The van der Waals surface area contributed by atoms with E-state index in [0.717, 1.165) is 13.8 Å². The maximum Gasteiger partial charge on any atom is 0.326 e. The van der Waals surface area contributed by atoms with Crippen molar-refractivity contribution in [3.8, 4) is 0 Å². The summed E-state index contributed by atoms with van der Waals surface area (Å²) in [5.74, 6) is -16.2. The van der Waals surface area contributed by atoms with Crippen LogP contribution in [0.1, 0.15) is 127 Å². The Morgan fingerprint density at radius 1 is 0.392 bits per heavy atom. The molecule has 13 amide bonds. The minimum Gasteiger partial charge on any atom is -0.480 e. The summed E-state index contributed by atoms with van der Waals surface area (Å²) in [5.41, 5.74) is 43.3. The number of amides is 13. The SMILES string of the molecule is CCC(NC(=O)C(CO)NC(=O)C(C)NC(=O)C(CC(N)=O)NC(=O)C(NC(=O)C(NC(=O)CN)C(C)C)C(C)C)C(=O)NC(CCCN=C(N)N)C(=O)NC(CC(C)C)C(=O)NC(C)C(=O)NC(C(=O)NC(CCCN=C(N)N)C(=O)NC(CCCN=C(N)N)C(=O)O)C(C)O. The van der Waals surface area contributed by atoms with E-state index in [1.165, 1.54) is 13.8 Å². The summed E-state index contributed by atoms with van der Waals surface area (Å²) < 4.78 is 0.